The molecule has 21 heavy (non-hydrogen) atoms. The summed E-state index contributed by atoms with van der Waals surface area (Å²) >= 11 is 0. The summed E-state index contributed by atoms with van der Waals surface area (Å²) in [5.74, 6) is 0. The van der Waals surface area contributed by atoms with E-state index >= 15 is 0 Å². The van der Waals surface area contributed by atoms with Crippen molar-refractivity contribution in [1.82, 2.24) is 9.88 Å². The molecule has 1 aromatic rings. The Hall–Kier alpha value is -1.13. The third kappa shape index (κ3) is 8.68. The lowest BCUT2D eigenvalue weighted by atomic mass is 10.3. The third-order valence-corrected chi connectivity index (χ3v) is 3.30. The van der Waals surface area contributed by atoms with Gasteiger partial charge in [0.05, 0.1) is 25.1 Å². The van der Waals surface area contributed by atoms with Gasteiger partial charge in [-0.05, 0) is 47.0 Å². The highest BCUT2D eigenvalue weighted by Gasteiger charge is 2.10. The molecule has 0 atom stereocenters. The average molecular weight is 295 g/mol. The van der Waals surface area contributed by atoms with Crippen LogP contribution < -0.4 is 4.90 Å². The summed E-state index contributed by atoms with van der Waals surface area (Å²) in [6.07, 6.45) is 1.93. The van der Waals surface area contributed by atoms with Crippen LogP contribution in [0.5, 0.6) is 0 Å². The van der Waals surface area contributed by atoms with Crippen molar-refractivity contribution in [3.63, 3.8) is 0 Å². The summed E-state index contributed by atoms with van der Waals surface area (Å²) in [5, 5.41) is 0. The monoisotopic (exact) mass is 295 g/mol. The number of hydrogen-bond donors (Lipinski definition) is 0. The summed E-state index contributed by atoms with van der Waals surface area (Å²) < 4.78 is 5.28. The van der Waals surface area contributed by atoms with Gasteiger partial charge in [-0.2, -0.15) is 0 Å². The van der Waals surface area contributed by atoms with Gasteiger partial charge in [-0.25, -0.2) is 0 Å². The van der Waals surface area contributed by atoms with Crippen LogP contribution in [-0.4, -0.2) is 56.3 Å². The van der Waals surface area contributed by atoms with E-state index in [1.807, 2.05) is 33.0 Å². The highest BCUT2D eigenvalue weighted by atomic mass is 16.5. The molecule has 0 unspecified atom stereocenters. The fraction of sp³-hybridized carbons (Fsp3) is 0.706. The van der Waals surface area contributed by atoms with Crippen molar-refractivity contribution in [2.75, 3.05) is 45.3 Å². The topological polar surface area (TPSA) is 28.6 Å². The van der Waals surface area contributed by atoms with Crippen LogP contribution in [0.2, 0.25) is 0 Å². The highest BCUT2D eigenvalue weighted by Crippen LogP contribution is 2.13. The van der Waals surface area contributed by atoms with Gasteiger partial charge in [0.1, 0.15) is 0 Å². The number of nitrogens with zero attached hydrogens (tertiary/aromatic N) is 3. The van der Waals surface area contributed by atoms with Crippen molar-refractivity contribution in [2.24, 2.45) is 0 Å². The number of hydrogen-bond acceptors (Lipinski definition) is 4. The van der Waals surface area contributed by atoms with Crippen LogP contribution in [0.15, 0.2) is 18.3 Å². The molecule has 122 valence electrons. The number of morpholine rings is 1. The lowest BCUT2D eigenvalue weighted by Crippen LogP contribution is -2.36. The first kappa shape index (κ1) is 19.9. The van der Waals surface area contributed by atoms with Crippen LogP contribution in [0.4, 0.5) is 5.69 Å². The van der Waals surface area contributed by atoms with Crippen LogP contribution in [0.1, 0.15) is 33.4 Å². The Morgan fingerprint density at radius 1 is 1.14 bits per heavy atom. The molecule has 1 aliphatic rings. The maximum atomic E-state index is 5.28. The molecule has 4 heteroatoms. The molecule has 0 amide bonds. The highest BCUT2D eigenvalue weighted by molar-refractivity contribution is 5.44. The van der Waals surface area contributed by atoms with Crippen molar-refractivity contribution in [2.45, 2.75) is 40.7 Å². The van der Waals surface area contributed by atoms with Crippen molar-refractivity contribution in [1.29, 1.82) is 0 Å². The zero-order valence-corrected chi connectivity index (χ0v) is 14.9. The number of aromatic nitrogens is 1. The zero-order chi connectivity index (χ0) is 16.3. The lowest BCUT2D eigenvalue weighted by molar-refractivity contribution is 0.122. The first-order valence-corrected chi connectivity index (χ1v) is 7.92. The maximum absolute atomic E-state index is 5.28. The number of aryl methyl sites for hydroxylation is 1. The predicted octanol–water partition coefficient (Wildman–Crippen LogP) is 3.21. The van der Waals surface area contributed by atoms with E-state index in [-0.39, 0.29) is 0 Å². The van der Waals surface area contributed by atoms with Crippen molar-refractivity contribution < 1.29 is 4.74 Å². The van der Waals surface area contributed by atoms with Gasteiger partial charge in [-0.1, -0.05) is 13.8 Å². The molecule has 0 N–H and O–H groups in total. The summed E-state index contributed by atoms with van der Waals surface area (Å²) in [4.78, 5) is 8.74. The van der Waals surface area contributed by atoms with Gasteiger partial charge in [0.15, 0.2) is 0 Å². The Bertz CT molecular complexity index is 338. The quantitative estimate of drug-likeness (QED) is 0.837. The summed E-state index contributed by atoms with van der Waals surface area (Å²) in [5.41, 5.74) is 2.27. The van der Waals surface area contributed by atoms with Gasteiger partial charge in [0, 0.05) is 24.8 Å². The molecule has 1 fully saturated rings. The van der Waals surface area contributed by atoms with E-state index in [1.54, 1.807) is 0 Å². The molecule has 2 heterocycles. The second-order valence-electron chi connectivity index (χ2n) is 5.31. The molecule has 0 spiro atoms. The zero-order valence-electron chi connectivity index (χ0n) is 14.9. The SMILES string of the molecule is CC.CC(C)N(C)C.Cc1ccc(N2CCOCC2)cn1. The van der Waals surface area contributed by atoms with E-state index in [0.717, 1.165) is 32.0 Å². The van der Waals surface area contributed by atoms with E-state index < -0.39 is 0 Å². The second kappa shape index (κ2) is 11.5. The molecule has 1 saturated heterocycles. The van der Waals surface area contributed by atoms with Crippen LogP contribution in [0.3, 0.4) is 0 Å². The van der Waals surface area contributed by atoms with Crippen LogP contribution in [0, 0.1) is 6.92 Å². The van der Waals surface area contributed by atoms with Crippen LogP contribution in [-0.2, 0) is 4.74 Å². The molecule has 0 radical (unpaired) electrons. The number of pyridine rings is 1. The first-order chi connectivity index (χ1) is 10.0. The Morgan fingerprint density at radius 2 is 1.67 bits per heavy atom. The van der Waals surface area contributed by atoms with Gasteiger partial charge in [-0.3, -0.25) is 4.98 Å². The molecule has 1 aromatic heterocycles. The summed E-state index contributed by atoms with van der Waals surface area (Å²) in [6.45, 7) is 13.9. The van der Waals surface area contributed by atoms with Crippen molar-refractivity contribution >= 4 is 5.69 Å². The number of rotatable bonds is 2. The first-order valence-electron chi connectivity index (χ1n) is 7.92. The third-order valence-electron chi connectivity index (χ3n) is 3.30. The minimum absolute atomic E-state index is 0.685. The number of anilines is 1. The van der Waals surface area contributed by atoms with E-state index in [2.05, 4.69) is 48.8 Å². The molecular formula is C17H33N3O. The predicted molar refractivity (Wildman–Crippen MR) is 92.2 cm³/mol. The molecular weight excluding hydrogens is 262 g/mol. The molecule has 1 aliphatic heterocycles. The summed E-state index contributed by atoms with van der Waals surface area (Å²) in [6, 6.07) is 4.85. The Balaban J connectivity index is 0.000000427. The lowest BCUT2D eigenvalue weighted by Gasteiger charge is -2.28. The number of ether oxygens (including phenoxy) is 1. The molecule has 0 bridgehead atoms. The van der Waals surface area contributed by atoms with Gasteiger partial charge < -0.3 is 14.5 Å². The minimum Gasteiger partial charge on any atom is -0.378 e. The maximum Gasteiger partial charge on any atom is 0.0642 e. The van der Waals surface area contributed by atoms with E-state index in [0.29, 0.717) is 6.04 Å². The fourth-order valence-electron chi connectivity index (χ4n) is 1.47. The average Bonchev–Trinajstić information content (AvgIpc) is 2.51. The van der Waals surface area contributed by atoms with E-state index in [4.69, 9.17) is 4.74 Å². The Kier molecular flexibility index (Phi) is 10.9. The largest absolute Gasteiger partial charge is 0.378 e. The van der Waals surface area contributed by atoms with Gasteiger partial charge >= 0.3 is 0 Å². The van der Waals surface area contributed by atoms with Crippen LogP contribution in [0.25, 0.3) is 0 Å². The summed E-state index contributed by atoms with van der Waals surface area (Å²) in [7, 11) is 4.15. The Labute approximate surface area is 131 Å². The van der Waals surface area contributed by atoms with Crippen molar-refractivity contribution in [3.05, 3.63) is 24.0 Å². The molecule has 2 rings (SSSR count). The second-order valence-corrected chi connectivity index (χ2v) is 5.31. The van der Waals surface area contributed by atoms with Gasteiger partial charge in [0.25, 0.3) is 0 Å². The molecule has 4 nitrogen and oxygen atoms in total. The van der Waals surface area contributed by atoms with Gasteiger partial charge in [0.2, 0.25) is 0 Å². The minimum atomic E-state index is 0.685. The van der Waals surface area contributed by atoms with E-state index in [9.17, 15) is 0 Å². The van der Waals surface area contributed by atoms with Gasteiger partial charge in [-0.15, -0.1) is 0 Å². The normalized spacial score (nSPS) is 14.2. The molecule has 0 saturated carbocycles. The fourth-order valence-corrected chi connectivity index (χ4v) is 1.47. The smallest absolute Gasteiger partial charge is 0.0642 e. The van der Waals surface area contributed by atoms with Crippen LogP contribution >= 0.6 is 0 Å². The Morgan fingerprint density at radius 3 is 2.05 bits per heavy atom. The molecule has 0 aromatic carbocycles. The molecule has 0 aliphatic carbocycles. The van der Waals surface area contributed by atoms with Crippen molar-refractivity contribution in [3.8, 4) is 0 Å². The van der Waals surface area contributed by atoms with E-state index in [1.165, 1.54) is 5.69 Å². The standard InChI is InChI=1S/C10H14N2O.C5H13N.C2H6/c1-9-2-3-10(8-11-9)12-4-6-13-7-5-12;1-5(2)6(3)4;1-2/h2-3,8H,4-7H2,1H3;5H,1-4H3;1-2H3.